The van der Waals surface area contributed by atoms with Gasteiger partial charge in [0.1, 0.15) is 12.1 Å². The highest BCUT2D eigenvalue weighted by molar-refractivity contribution is 5.83. The lowest BCUT2D eigenvalue weighted by molar-refractivity contribution is 0.443. The van der Waals surface area contributed by atoms with E-state index in [2.05, 4.69) is 4.98 Å². The van der Waals surface area contributed by atoms with Crippen molar-refractivity contribution in [2.45, 2.75) is 51.9 Å². The number of halogens is 1. The van der Waals surface area contributed by atoms with E-state index in [1.807, 2.05) is 18.2 Å². The molecule has 2 aromatic heterocycles. The Balaban J connectivity index is 2.05. The number of imidazole rings is 1. The van der Waals surface area contributed by atoms with Crippen LogP contribution in [0.2, 0.25) is 0 Å². The van der Waals surface area contributed by atoms with Gasteiger partial charge in [0, 0.05) is 6.07 Å². The minimum absolute atomic E-state index is 0.175. The summed E-state index contributed by atoms with van der Waals surface area (Å²) in [6, 6.07) is 3.28. The predicted molar refractivity (Wildman–Crippen MR) is 85.8 cm³/mol. The molecule has 114 valence electrons. The number of fused-ring (bicyclic) bond motifs is 3. The molecule has 0 saturated heterocycles. The van der Waals surface area contributed by atoms with Crippen LogP contribution >= 0.6 is 0 Å². The summed E-state index contributed by atoms with van der Waals surface area (Å²) >= 11 is 0. The van der Waals surface area contributed by atoms with E-state index >= 15 is 0 Å². The van der Waals surface area contributed by atoms with Crippen LogP contribution in [0.15, 0.2) is 18.5 Å². The topological polar surface area (TPSA) is 30.2 Å². The number of hydrogen-bond donors (Lipinski definition) is 0. The molecule has 0 N–H and O–H groups in total. The molecule has 0 amide bonds. The highest BCUT2D eigenvalue weighted by Gasteiger charge is 2.21. The predicted octanol–water partition coefficient (Wildman–Crippen LogP) is 4.69. The van der Waals surface area contributed by atoms with Crippen molar-refractivity contribution < 1.29 is 4.39 Å². The molecule has 0 aliphatic heterocycles. The SMILES string of the molecule is Cc1ncn2c1c(C)nc1c(C3CCCCC3)cc(F)cc12. The second-order valence-electron chi connectivity index (χ2n) is 6.44. The number of benzene rings is 1. The summed E-state index contributed by atoms with van der Waals surface area (Å²) in [6.07, 6.45) is 7.82. The molecule has 2 heterocycles. The molecule has 1 aromatic carbocycles. The molecule has 1 fully saturated rings. The number of rotatable bonds is 1. The first kappa shape index (κ1) is 13.7. The van der Waals surface area contributed by atoms with Gasteiger partial charge >= 0.3 is 0 Å². The summed E-state index contributed by atoms with van der Waals surface area (Å²) in [7, 11) is 0. The zero-order valence-corrected chi connectivity index (χ0v) is 13.1. The summed E-state index contributed by atoms with van der Waals surface area (Å²) in [6.45, 7) is 3.98. The molecule has 3 nitrogen and oxygen atoms in total. The van der Waals surface area contributed by atoms with Crippen molar-refractivity contribution in [1.82, 2.24) is 14.4 Å². The monoisotopic (exact) mass is 297 g/mol. The Morgan fingerprint density at radius 3 is 2.64 bits per heavy atom. The Kier molecular flexibility index (Phi) is 3.13. The normalized spacial score (nSPS) is 16.7. The fraction of sp³-hybridized carbons (Fsp3) is 0.444. The second kappa shape index (κ2) is 5.04. The Bertz CT molecular complexity index is 860. The van der Waals surface area contributed by atoms with Crippen LogP contribution in [0.1, 0.15) is 55.0 Å². The molecule has 0 radical (unpaired) electrons. The van der Waals surface area contributed by atoms with Crippen molar-refractivity contribution in [2.75, 3.05) is 0 Å². The lowest BCUT2D eigenvalue weighted by Crippen LogP contribution is -2.08. The van der Waals surface area contributed by atoms with Gasteiger partial charge in [0.05, 0.1) is 27.9 Å². The first-order valence-electron chi connectivity index (χ1n) is 8.08. The van der Waals surface area contributed by atoms with E-state index in [0.29, 0.717) is 5.92 Å². The van der Waals surface area contributed by atoms with Gasteiger partial charge in [-0.05, 0) is 44.2 Å². The van der Waals surface area contributed by atoms with Crippen LogP contribution < -0.4 is 0 Å². The van der Waals surface area contributed by atoms with E-state index in [9.17, 15) is 4.39 Å². The van der Waals surface area contributed by atoms with Crippen molar-refractivity contribution >= 4 is 16.6 Å². The highest BCUT2D eigenvalue weighted by Crippen LogP contribution is 2.36. The zero-order valence-electron chi connectivity index (χ0n) is 13.1. The fourth-order valence-electron chi connectivity index (χ4n) is 3.91. The first-order valence-corrected chi connectivity index (χ1v) is 8.08. The fourth-order valence-corrected chi connectivity index (χ4v) is 3.91. The van der Waals surface area contributed by atoms with Crippen molar-refractivity contribution in [3.63, 3.8) is 0 Å². The molecule has 0 atom stereocenters. The van der Waals surface area contributed by atoms with Gasteiger partial charge in [0.25, 0.3) is 0 Å². The standard InChI is InChI=1S/C18H20FN3/c1-11-18-12(2)21-17-15(13-6-4-3-5-7-13)8-14(19)9-16(17)22(18)10-20-11/h8-10,13H,3-7H2,1-2H3. The van der Waals surface area contributed by atoms with Gasteiger partial charge in [-0.15, -0.1) is 0 Å². The minimum atomic E-state index is -0.175. The third-order valence-electron chi connectivity index (χ3n) is 4.96. The van der Waals surface area contributed by atoms with Gasteiger partial charge in [-0.3, -0.25) is 4.40 Å². The number of aromatic nitrogens is 3. The quantitative estimate of drug-likeness (QED) is 0.652. The molecule has 0 unspecified atom stereocenters. The third-order valence-corrected chi connectivity index (χ3v) is 4.96. The van der Waals surface area contributed by atoms with Crippen LogP contribution in [0.5, 0.6) is 0 Å². The molecule has 3 aromatic rings. The van der Waals surface area contributed by atoms with Gasteiger partial charge in [-0.1, -0.05) is 19.3 Å². The molecule has 1 aliphatic carbocycles. The van der Waals surface area contributed by atoms with E-state index in [0.717, 1.165) is 46.3 Å². The van der Waals surface area contributed by atoms with Crippen molar-refractivity contribution in [1.29, 1.82) is 0 Å². The Morgan fingerprint density at radius 1 is 1.09 bits per heavy atom. The summed E-state index contributed by atoms with van der Waals surface area (Å²) in [5.74, 6) is 0.257. The molecule has 1 saturated carbocycles. The summed E-state index contributed by atoms with van der Waals surface area (Å²) in [4.78, 5) is 9.20. The largest absolute Gasteiger partial charge is 0.295 e. The number of aryl methyl sites for hydroxylation is 2. The van der Waals surface area contributed by atoms with Crippen molar-refractivity contribution in [3.05, 3.63) is 41.2 Å². The molecule has 0 bridgehead atoms. The molecule has 4 heteroatoms. The maximum absolute atomic E-state index is 14.2. The van der Waals surface area contributed by atoms with Crippen LogP contribution in [0, 0.1) is 19.7 Å². The molecule has 0 spiro atoms. The Morgan fingerprint density at radius 2 is 1.86 bits per heavy atom. The molecule has 22 heavy (non-hydrogen) atoms. The summed E-state index contributed by atoms with van der Waals surface area (Å²) in [5, 5.41) is 0. The lowest BCUT2D eigenvalue weighted by atomic mass is 9.83. The van der Waals surface area contributed by atoms with Crippen LogP contribution in [0.4, 0.5) is 4.39 Å². The average Bonchev–Trinajstić information content (AvgIpc) is 2.91. The second-order valence-corrected chi connectivity index (χ2v) is 6.44. The lowest BCUT2D eigenvalue weighted by Gasteiger charge is -2.23. The maximum Gasteiger partial charge on any atom is 0.125 e. The zero-order chi connectivity index (χ0) is 15.3. The van der Waals surface area contributed by atoms with Gasteiger partial charge in [0.2, 0.25) is 0 Å². The maximum atomic E-state index is 14.2. The number of nitrogens with zero attached hydrogens (tertiary/aromatic N) is 3. The van der Waals surface area contributed by atoms with Gasteiger partial charge < -0.3 is 0 Å². The first-order chi connectivity index (χ1) is 10.6. The molecular formula is C18H20FN3. The minimum Gasteiger partial charge on any atom is -0.295 e. The average molecular weight is 297 g/mol. The summed E-state index contributed by atoms with van der Waals surface area (Å²) < 4.78 is 16.2. The Labute approximate surface area is 129 Å². The third kappa shape index (κ3) is 2.01. The summed E-state index contributed by atoms with van der Waals surface area (Å²) in [5.41, 5.74) is 5.75. The molecular weight excluding hydrogens is 277 g/mol. The highest BCUT2D eigenvalue weighted by atomic mass is 19.1. The van der Waals surface area contributed by atoms with Crippen molar-refractivity contribution in [2.24, 2.45) is 0 Å². The van der Waals surface area contributed by atoms with E-state index in [-0.39, 0.29) is 5.82 Å². The van der Waals surface area contributed by atoms with E-state index in [1.165, 1.54) is 19.3 Å². The van der Waals surface area contributed by atoms with Crippen LogP contribution in [0.25, 0.3) is 16.6 Å². The smallest absolute Gasteiger partial charge is 0.125 e. The van der Waals surface area contributed by atoms with Crippen LogP contribution in [-0.2, 0) is 0 Å². The Hall–Kier alpha value is -1.97. The molecule has 4 rings (SSSR count). The van der Waals surface area contributed by atoms with Gasteiger partial charge in [0.15, 0.2) is 0 Å². The number of hydrogen-bond acceptors (Lipinski definition) is 2. The van der Waals surface area contributed by atoms with Crippen molar-refractivity contribution in [3.8, 4) is 0 Å². The van der Waals surface area contributed by atoms with E-state index in [4.69, 9.17) is 4.98 Å². The van der Waals surface area contributed by atoms with Crippen LogP contribution in [0.3, 0.4) is 0 Å². The molecule has 1 aliphatic rings. The van der Waals surface area contributed by atoms with E-state index < -0.39 is 0 Å². The van der Waals surface area contributed by atoms with E-state index in [1.54, 1.807) is 18.5 Å². The van der Waals surface area contributed by atoms with Crippen LogP contribution in [-0.4, -0.2) is 14.4 Å². The van der Waals surface area contributed by atoms with Gasteiger partial charge in [-0.25, -0.2) is 14.4 Å². The van der Waals surface area contributed by atoms with Gasteiger partial charge in [-0.2, -0.15) is 0 Å².